The lowest BCUT2D eigenvalue weighted by molar-refractivity contribution is 0.0340. The van der Waals surface area contributed by atoms with Crippen molar-refractivity contribution in [3.8, 4) is 0 Å². The Kier molecular flexibility index (Phi) is 5.23. The van der Waals surface area contributed by atoms with Crippen LogP contribution >= 0.6 is 0 Å². The summed E-state index contributed by atoms with van der Waals surface area (Å²) in [7, 11) is 1.97. The number of carbonyl (C=O) groups is 1. The van der Waals surface area contributed by atoms with Crippen LogP contribution in [0.1, 0.15) is 21.5 Å². The van der Waals surface area contributed by atoms with Gasteiger partial charge in [0.25, 0.3) is 5.91 Å². The van der Waals surface area contributed by atoms with Gasteiger partial charge in [0.2, 0.25) is 0 Å². The molecule has 1 saturated heterocycles. The minimum Gasteiger partial charge on any atom is -0.379 e. The summed E-state index contributed by atoms with van der Waals surface area (Å²) in [5.74, 6) is -0.0343. The van der Waals surface area contributed by atoms with E-state index in [0.717, 1.165) is 54.9 Å². The molecule has 0 atom stereocenters. The zero-order chi connectivity index (χ0) is 18.6. The van der Waals surface area contributed by atoms with Gasteiger partial charge in [0, 0.05) is 50.3 Å². The monoisotopic (exact) mass is 363 g/mol. The first-order valence-corrected chi connectivity index (χ1v) is 9.41. The second-order valence-corrected chi connectivity index (χ2v) is 7.01. The number of para-hydroxylation sites is 1. The highest BCUT2D eigenvalue weighted by atomic mass is 16.5. The molecule has 1 aliphatic rings. The molecule has 1 fully saturated rings. The molecule has 4 rings (SSSR count). The second-order valence-electron chi connectivity index (χ2n) is 7.01. The van der Waals surface area contributed by atoms with E-state index in [4.69, 9.17) is 4.74 Å². The Morgan fingerprint density at radius 3 is 2.56 bits per heavy atom. The Morgan fingerprint density at radius 2 is 1.74 bits per heavy atom. The quantitative estimate of drug-likeness (QED) is 0.758. The highest BCUT2D eigenvalue weighted by Crippen LogP contribution is 2.20. The van der Waals surface area contributed by atoms with Crippen molar-refractivity contribution >= 4 is 16.8 Å². The molecule has 0 saturated carbocycles. The Morgan fingerprint density at radius 1 is 1.04 bits per heavy atom. The van der Waals surface area contributed by atoms with Gasteiger partial charge in [-0.1, -0.05) is 42.5 Å². The van der Waals surface area contributed by atoms with E-state index in [1.807, 2.05) is 48.1 Å². The standard InChI is InChI=1S/C22H25N3O2/c1-24-16-20(19-8-4-5-9-21(19)24)22(26)23-14-17-6-2-3-7-18(17)15-25-10-12-27-13-11-25/h2-9,16H,10-15H2,1H3,(H,23,26). The lowest BCUT2D eigenvalue weighted by Gasteiger charge is -2.27. The van der Waals surface area contributed by atoms with Crippen LogP contribution in [0.15, 0.2) is 54.7 Å². The van der Waals surface area contributed by atoms with Crippen molar-refractivity contribution in [2.75, 3.05) is 26.3 Å². The van der Waals surface area contributed by atoms with E-state index in [9.17, 15) is 4.79 Å². The van der Waals surface area contributed by atoms with Gasteiger partial charge in [0.05, 0.1) is 18.8 Å². The Labute approximate surface area is 159 Å². The molecule has 1 aromatic heterocycles. The van der Waals surface area contributed by atoms with Gasteiger partial charge in [-0.3, -0.25) is 9.69 Å². The van der Waals surface area contributed by atoms with E-state index < -0.39 is 0 Å². The van der Waals surface area contributed by atoms with Gasteiger partial charge >= 0.3 is 0 Å². The van der Waals surface area contributed by atoms with E-state index in [0.29, 0.717) is 6.54 Å². The van der Waals surface area contributed by atoms with Crippen molar-refractivity contribution in [1.82, 2.24) is 14.8 Å². The van der Waals surface area contributed by atoms with Crippen LogP contribution in [-0.4, -0.2) is 41.7 Å². The molecule has 27 heavy (non-hydrogen) atoms. The number of nitrogens with one attached hydrogen (secondary N) is 1. The predicted molar refractivity (Wildman–Crippen MR) is 107 cm³/mol. The zero-order valence-electron chi connectivity index (χ0n) is 15.6. The molecular weight excluding hydrogens is 338 g/mol. The maximum Gasteiger partial charge on any atom is 0.253 e. The normalized spacial score (nSPS) is 15.1. The molecular formula is C22H25N3O2. The molecule has 0 bridgehead atoms. The SMILES string of the molecule is Cn1cc(C(=O)NCc2ccccc2CN2CCOCC2)c2ccccc21. The molecule has 5 heteroatoms. The van der Waals surface area contributed by atoms with Crippen LogP contribution < -0.4 is 5.32 Å². The van der Waals surface area contributed by atoms with Crippen molar-refractivity contribution in [2.24, 2.45) is 7.05 Å². The van der Waals surface area contributed by atoms with Crippen LogP contribution in [0, 0.1) is 0 Å². The average molecular weight is 363 g/mol. The van der Waals surface area contributed by atoms with Gasteiger partial charge in [-0.15, -0.1) is 0 Å². The van der Waals surface area contributed by atoms with Crippen LogP contribution in [-0.2, 0) is 24.9 Å². The summed E-state index contributed by atoms with van der Waals surface area (Å²) in [6.07, 6.45) is 1.90. The number of morpholine rings is 1. The number of benzene rings is 2. The zero-order valence-corrected chi connectivity index (χ0v) is 15.6. The van der Waals surface area contributed by atoms with Crippen molar-refractivity contribution in [3.63, 3.8) is 0 Å². The lowest BCUT2D eigenvalue weighted by Crippen LogP contribution is -2.36. The van der Waals surface area contributed by atoms with Crippen LogP contribution in [0.2, 0.25) is 0 Å². The highest BCUT2D eigenvalue weighted by Gasteiger charge is 2.15. The number of fused-ring (bicyclic) bond motifs is 1. The first-order chi connectivity index (χ1) is 13.2. The van der Waals surface area contributed by atoms with E-state index in [-0.39, 0.29) is 5.91 Å². The Balaban J connectivity index is 1.47. The largest absolute Gasteiger partial charge is 0.379 e. The Bertz CT molecular complexity index is 942. The number of amides is 1. The number of ether oxygens (including phenoxy) is 1. The fraction of sp³-hybridized carbons (Fsp3) is 0.318. The van der Waals surface area contributed by atoms with E-state index in [2.05, 4.69) is 28.4 Å². The second kappa shape index (κ2) is 7.94. The molecule has 5 nitrogen and oxygen atoms in total. The predicted octanol–water partition coefficient (Wildman–Crippen LogP) is 2.94. The molecule has 2 heterocycles. The minimum absolute atomic E-state index is 0.0343. The summed E-state index contributed by atoms with van der Waals surface area (Å²) in [4.78, 5) is 15.2. The van der Waals surface area contributed by atoms with Crippen LogP contribution in [0.25, 0.3) is 10.9 Å². The summed E-state index contributed by atoms with van der Waals surface area (Å²) >= 11 is 0. The van der Waals surface area contributed by atoms with E-state index in [1.54, 1.807) is 0 Å². The fourth-order valence-electron chi connectivity index (χ4n) is 3.68. The van der Waals surface area contributed by atoms with Crippen LogP contribution in [0.4, 0.5) is 0 Å². The minimum atomic E-state index is -0.0343. The number of carbonyl (C=O) groups excluding carboxylic acids is 1. The maximum absolute atomic E-state index is 12.8. The lowest BCUT2D eigenvalue weighted by atomic mass is 10.1. The summed E-state index contributed by atoms with van der Waals surface area (Å²) in [6, 6.07) is 16.3. The fourth-order valence-corrected chi connectivity index (χ4v) is 3.68. The van der Waals surface area contributed by atoms with Crippen LogP contribution in [0.3, 0.4) is 0 Å². The summed E-state index contributed by atoms with van der Waals surface area (Å²) < 4.78 is 7.43. The van der Waals surface area contributed by atoms with Crippen LogP contribution in [0.5, 0.6) is 0 Å². The number of hydrogen-bond acceptors (Lipinski definition) is 3. The third kappa shape index (κ3) is 3.89. The Hall–Kier alpha value is -2.63. The summed E-state index contributed by atoms with van der Waals surface area (Å²) in [5.41, 5.74) is 4.21. The topological polar surface area (TPSA) is 46.5 Å². The first kappa shape index (κ1) is 17.8. The number of hydrogen-bond donors (Lipinski definition) is 1. The third-order valence-corrected chi connectivity index (χ3v) is 5.20. The molecule has 140 valence electrons. The van der Waals surface area contributed by atoms with Gasteiger partial charge in [0.15, 0.2) is 0 Å². The molecule has 0 radical (unpaired) electrons. The molecule has 2 aromatic carbocycles. The molecule has 0 aliphatic carbocycles. The third-order valence-electron chi connectivity index (χ3n) is 5.20. The maximum atomic E-state index is 12.8. The van der Waals surface area contributed by atoms with Crippen molar-refractivity contribution < 1.29 is 9.53 Å². The highest BCUT2D eigenvalue weighted by molar-refractivity contribution is 6.06. The van der Waals surface area contributed by atoms with Gasteiger partial charge in [-0.25, -0.2) is 0 Å². The number of aryl methyl sites for hydroxylation is 1. The summed E-state index contributed by atoms with van der Waals surface area (Å²) in [5, 5.41) is 4.09. The average Bonchev–Trinajstić information content (AvgIpc) is 3.05. The van der Waals surface area contributed by atoms with Gasteiger partial charge in [-0.05, 0) is 17.2 Å². The molecule has 1 amide bonds. The smallest absolute Gasteiger partial charge is 0.253 e. The first-order valence-electron chi connectivity index (χ1n) is 9.41. The molecule has 3 aromatic rings. The van der Waals surface area contributed by atoms with E-state index in [1.165, 1.54) is 5.56 Å². The van der Waals surface area contributed by atoms with Crippen molar-refractivity contribution in [3.05, 3.63) is 71.4 Å². The van der Waals surface area contributed by atoms with Crippen molar-refractivity contribution in [1.29, 1.82) is 0 Å². The van der Waals surface area contributed by atoms with E-state index >= 15 is 0 Å². The number of rotatable bonds is 5. The van der Waals surface area contributed by atoms with Gasteiger partial charge in [-0.2, -0.15) is 0 Å². The van der Waals surface area contributed by atoms with Gasteiger partial charge < -0.3 is 14.6 Å². The molecule has 0 spiro atoms. The summed E-state index contributed by atoms with van der Waals surface area (Å²) in [6.45, 7) is 4.92. The number of nitrogens with zero attached hydrogens (tertiary/aromatic N) is 2. The van der Waals surface area contributed by atoms with Crippen molar-refractivity contribution in [2.45, 2.75) is 13.1 Å². The van der Waals surface area contributed by atoms with Gasteiger partial charge in [0.1, 0.15) is 0 Å². The molecule has 1 aliphatic heterocycles. The number of aromatic nitrogens is 1. The molecule has 0 unspecified atom stereocenters. The molecule has 1 N–H and O–H groups in total.